The van der Waals surface area contributed by atoms with E-state index >= 15 is 0 Å². The summed E-state index contributed by atoms with van der Waals surface area (Å²) >= 11 is 3.41. The lowest BCUT2D eigenvalue weighted by molar-refractivity contribution is 0.480. The van der Waals surface area contributed by atoms with E-state index in [-0.39, 0.29) is 5.75 Å². The second-order valence-corrected chi connectivity index (χ2v) is 6.11. The highest BCUT2D eigenvalue weighted by molar-refractivity contribution is 8.01. The van der Waals surface area contributed by atoms with Gasteiger partial charge in [-0.1, -0.05) is 23.9 Å². The molecule has 90 valence electrons. The van der Waals surface area contributed by atoms with E-state index in [1.165, 1.54) is 12.8 Å². The second kappa shape index (κ2) is 6.07. The van der Waals surface area contributed by atoms with Gasteiger partial charge in [-0.2, -0.15) is 0 Å². The molecular weight excluding hydrogens is 250 g/mol. The SMILES string of the molecule is C=CCCCCSc1nc2c(O)cccc2s1. The third-order valence-electron chi connectivity index (χ3n) is 2.41. The molecule has 0 radical (unpaired) electrons. The fourth-order valence-corrected chi connectivity index (χ4v) is 3.68. The molecule has 0 aliphatic heterocycles. The minimum Gasteiger partial charge on any atom is -0.506 e. The van der Waals surface area contributed by atoms with Crippen LogP contribution >= 0.6 is 23.1 Å². The standard InChI is InChI=1S/C13H15NOS2/c1-2-3-4-5-9-16-13-14-12-10(15)7-6-8-11(12)17-13/h2,6-8,15H,1,3-5,9H2. The largest absolute Gasteiger partial charge is 0.506 e. The summed E-state index contributed by atoms with van der Waals surface area (Å²) in [5, 5.41) is 9.65. The molecule has 0 amide bonds. The Bertz CT molecular complexity index is 507. The number of hydrogen-bond donors (Lipinski definition) is 1. The van der Waals surface area contributed by atoms with Gasteiger partial charge in [-0.15, -0.1) is 17.9 Å². The van der Waals surface area contributed by atoms with E-state index < -0.39 is 0 Å². The molecular formula is C13H15NOS2. The molecule has 0 spiro atoms. The highest BCUT2D eigenvalue weighted by Crippen LogP contribution is 2.33. The zero-order valence-corrected chi connectivity index (χ0v) is 11.2. The number of aromatic hydroxyl groups is 1. The fraction of sp³-hybridized carbons (Fsp3) is 0.308. The monoisotopic (exact) mass is 265 g/mol. The van der Waals surface area contributed by atoms with Crippen LogP contribution in [-0.4, -0.2) is 15.8 Å². The number of benzene rings is 1. The van der Waals surface area contributed by atoms with E-state index in [9.17, 15) is 5.11 Å². The number of thioether (sulfide) groups is 1. The summed E-state index contributed by atoms with van der Waals surface area (Å²) in [4.78, 5) is 4.44. The van der Waals surface area contributed by atoms with Crippen molar-refractivity contribution in [1.82, 2.24) is 4.98 Å². The summed E-state index contributed by atoms with van der Waals surface area (Å²) in [5.41, 5.74) is 0.728. The Hall–Kier alpha value is -1.000. The van der Waals surface area contributed by atoms with Gasteiger partial charge in [0.05, 0.1) is 4.70 Å². The van der Waals surface area contributed by atoms with Crippen molar-refractivity contribution in [2.45, 2.75) is 23.6 Å². The third kappa shape index (κ3) is 3.23. The normalized spacial score (nSPS) is 10.8. The molecule has 0 fully saturated rings. The Morgan fingerprint density at radius 2 is 2.29 bits per heavy atom. The predicted molar refractivity (Wildman–Crippen MR) is 76.1 cm³/mol. The van der Waals surface area contributed by atoms with Crippen LogP contribution in [-0.2, 0) is 0 Å². The van der Waals surface area contributed by atoms with E-state index in [4.69, 9.17) is 0 Å². The predicted octanol–water partition coefficient (Wildman–Crippen LogP) is 4.45. The lowest BCUT2D eigenvalue weighted by atomic mass is 10.2. The number of hydrogen-bond acceptors (Lipinski definition) is 4. The molecule has 2 nitrogen and oxygen atoms in total. The first kappa shape index (κ1) is 12.5. The quantitative estimate of drug-likeness (QED) is 0.476. The Morgan fingerprint density at radius 3 is 3.06 bits per heavy atom. The van der Waals surface area contributed by atoms with Gasteiger partial charge >= 0.3 is 0 Å². The van der Waals surface area contributed by atoms with Crippen molar-refractivity contribution in [1.29, 1.82) is 0 Å². The lowest BCUT2D eigenvalue weighted by Crippen LogP contribution is -1.79. The zero-order chi connectivity index (χ0) is 12.1. The number of fused-ring (bicyclic) bond motifs is 1. The van der Waals surface area contributed by atoms with Gasteiger partial charge < -0.3 is 5.11 Å². The van der Waals surface area contributed by atoms with Crippen LogP contribution in [0.3, 0.4) is 0 Å². The van der Waals surface area contributed by atoms with Crippen LogP contribution in [0.4, 0.5) is 0 Å². The van der Waals surface area contributed by atoms with Crippen molar-refractivity contribution in [2.24, 2.45) is 0 Å². The summed E-state index contributed by atoms with van der Waals surface area (Å²) in [6.07, 6.45) is 5.41. The summed E-state index contributed by atoms with van der Waals surface area (Å²) < 4.78 is 2.10. The van der Waals surface area contributed by atoms with Crippen LogP contribution in [0.5, 0.6) is 5.75 Å². The fourth-order valence-electron chi connectivity index (χ4n) is 1.53. The van der Waals surface area contributed by atoms with E-state index in [2.05, 4.69) is 11.6 Å². The van der Waals surface area contributed by atoms with Crippen LogP contribution in [0.15, 0.2) is 35.2 Å². The Kier molecular flexibility index (Phi) is 4.45. The molecule has 0 saturated carbocycles. The highest BCUT2D eigenvalue weighted by Gasteiger charge is 2.07. The number of unbranched alkanes of at least 4 members (excludes halogenated alkanes) is 2. The van der Waals surface area contributed by atoms with Gasteiger partial charge in [0.15, 0.2) is 4.34 Å². The molecule has 0 saturated heterocycles. The summed E-state index contributed by atoms with van der Waals surface area (Å²) in [6.45, 7) is 3.71. The van der Waals surface area contributed by atoms with Crippen LogP contribution in [0.2, 0.25) is 0 Å². The number of phenolic OH excluding ortho intramolecular Hbond substituents is 1. The van der Waals surface area contributed by atoms with Gasteiger partial charge in [-0.25, -0.2) is 4.98 Å². The van der Waals surface area contributed by atoms with Gasteiger partial charge in [-0.3, -0.25) is 0 Å². The molecule has 0 aliphatic carbocycles. The molecule has 4 heteroatoms. The minimum atomic E-state index is 0.275. The van der Waals surface area contributed by atoms with Crippen LogP contribution in [0.25, 0.3) is 10.2 Å². The summed E-state index contributed by atoms with van der Waals surface area (Å²) in [5.74, 6) is 1.35. The van der Waals surface area contributed by atoms with Crippen LogP contribution in [0, 0.1) is 0 Å². The van der Waals surface area contributed by atoms with E-state index in [0.717, 1.165) is 26.7 Å². The number of thiazole rings is 1. The number of nitrogens with zero attached hydrogens (tertiary/aromatic N) is 1. The first-order valence-corrected chi connectivity index (χ1v) is 7.43. The first-order valence-electron chi connectivity index (χ1n) is 5.63. The molecule has 1 heterocycles. The zero-order valence-electron chi connectivity index (χ0n) is 9.56. The third-order valence-corrected chi connectivity index (χ3v) is 4.66. The number of para-hydroxylation sites is 1. The van der Waals surface area contributed by atoms with Crippen molar-refractivity contribution in [2.75, 3.05) is 5.75 Å². The average Bonchev–Trinajstić information content (AvgIpc) is 2.73. The van der Waals surface area contributed by atoms with Gasteiger partial charge in [-0.05, 0) is 31.4 Å². The topological polar surface area (TPSA) is 33.1 Å². The van der Waals surface area contributed by atoms with E-state index in [1.54, 1.807) is 29.2 Å². The maximum absolute atomic E-state index is 9.65. The average molecular weight is 265 g/mol. The number of phenols is 1. The van der Waals surface area contributed by atoms with E-state index in [0.29, 0.717) is 0 Å². The van der Waals surface area contributed by atoms with Crippen molar-refractivity contribution >= 4 is 33.3 Å². The Labute approximate surface area is 109 Å². The maximum atomic E-state index is 9.65. The number of aromatic nitrogens is 1. The van der Waals surface area contributed by atoms with Crippen LogP contribution < -0.4 is 0 Å². The van der Waals surface area contributed by atoms with Crippen molar-refractivity contribution in [3.8, 4) is 5.75 Å². The molecule has 0 aliphatic rings. The molecule has 2 rings (SSSR count). The first-order chi connectivity index (χ1) is 8.31. The second-order valence-electron chi connectivity index (χ2n) is 3.74. The smallest absolute Gasteiger partial charge is 0.151 e. The molecule has 0 atom stereocenters. The van der Waals surface area contributed by atoms with Gasteiger partial charge in [0.2, 0.25) is 0 Å². The Morgan fingerprint density at radius 1 is 1.41 bits per heavy atom. The molecule has 0 unspecified atom stereocenters. The molecule has 1 N–H and O–H groups in total. The van der Waals surface area contributed by atoms with E-state index in [1.807, 2.05) is 18.2 Å². The van der Waals surface area contributed by atoms with Crippen molar-refractivity contribution in [3.05, 3.63) is 30.9 Å². The van der Waals surface area contributed by atoms with Gasteiger partial charge in [0.1, 0.15) is 11.3 Å². The van der Waals surface area contributed by atoms with Crippen molar-refractivity contribution in [3.63, 3.8) is 0 Å². The maximum Gasteiger partial charge on any atom is 0.151 e. The lowest BCUT2D eigenvalue weighted by Gasteiger charge is -1.95. The molecule has 17 heavy (non-hydrogen) atoms. The van der Waals surface area contributed by atoms with Crippen molar-refractivity contribution < 1.29 is 5.11 Å². The molecule has 1 aromatic heterocycles. The molecule has 0 bridgehead atoms. The number of rotatable bonds is 6. The minimum absolute atomic E-state index is 0.275. The highest BCUT2D eigenvalue weighted by atomic mass is 32.2. The summed E-state index contributed by atoms with van der Waals surface area (Å²) in [7, 11) is 0. The summed E-state index contributed by atoms with van der Waals surface area (Å²) in [6, 6.07) is 5.53. The molecule has 1 aromatic carbocycles. The number of allylic oxidation sites excluding steroid dienone is 1. The Balaban J connectivity index is 1.95. The van der Waals surface area contributed by atoms with Gasteiger partial charge in [0, 0.05) is 5.75 Å². The molecule has 2 aromatic rings. The van der Waals surface area contributed by atoms with Crippen LogP contribution in [0.1, 0.15) is 19.3 Å². The van der Waals surface area contributed by atoms with Gasteiger partial charge in [0.25, 0.3) is 0 Å².